The minimum absolute atomic E-state index is 0.0376. The maximum absolute atomic E-state index is 11.9. The number of carboxylic acids is 1. The highest BCUT2D eigenvalue weighted by Crippen LogP contribution is 2.07. The molecule has 2 N–H and O–H groups in total. The van der Waals surface area contributed by atoms with E-state index in [1.54, 1.807) is 18.2 Å². The van der Waals surface area contributed by atoms with Gasteiger partial charge in [0.15, 0.2) is 0 Å². The number of methoxy groups -OCH3 is 1. The lowest BCUT2D eigenvalue weighted by Gasteiger charge is -2.06. The summed E-state index contributed by atoms with van der Waals surface area (Å²) in [5.41, 5.74) is 1.07. The first-order chi connectivity index (χ1) is 10.1. The normalized spacial score (nSPS) is 9.95. The van der Waals surface area contributed by atoms with Crippen LogP contribution in [-0.2, 0) is 6.54 Å². The van der Waals surface area contributed by atoms with E-state index in [1.807, 2.05) is 0 Å². The molecular weight excluding hydrogens is 274 g/mol. The predicted octanol–water partition coefficient (Wildman–Crippen LogP) is 1.11. The van der Waals surface area contributed by atoms with Crippen molar-refractivity contribution in [3.8, 4) is 5.88 Å². The number of hydrogen-bond donors (Lipinski definition) is 2. The number of carbonyl (C=O) groups excluding carboxylic acids is 1. The molecule has 0 unspecified atom stereocenters. The van der Waals surface area contributed by atoms with Crippen molar-refractivity contribution in [2.75, 3.05) is 7.11 Å². The van der Waals surface area contributed by atoms with Crippen molar-refractivity contribution in [2.45, 2.75) is 6.54 Å². The molecule has 0 aliphatic heterocycles. The number of pyridine rings is 2. The number of carbonyl (C=O) groups is 2. The fourth-order valence-electron chi connectivity index (χ4n) is 1.58. The number of aromatic nitrogens is 2. The van der Waals surface area contributed by atoms with Gasteiger partial charge >= 0.3 is 5.97 Å². The van der Waals surface area contributed by atoms with E-state index in [1.165, 1.54) is 25.6 Å². The first kappa shape index (κ1) is 14.4. The van der Waals surface area contributed by atoms with Crippen LogP contribution in [0.25, 0.3) is 0 Å². The lowest BCUT2D eigenvalue weighted by molar-refractivity contribution is 0.0690. The van der Waals surface area contributed by atoms with E-state index in [-0.39, 0.29) is 18.1 Å². The van der Waals surface area contributed by atoms with E-state index in [4.69, 9.17) is 9.84 Å². The zero-order valence-electron chi connectivity index (χ0n) is 11.2. The zero-order chi connectivity index (χ0) is 15.2. The number of ether oxygens (including phenoxy) is 1. The Morgan fingerprint density at radius 3 is 2.52 bits per heavy atom. The Morgan fingerprint density at radius 2 is 2.00 bits per heavy atom. The van der Waals surface area contributed by atoms with Crippen LogP contribution in [0.1, 0.15) is 26.4 Å². The molecule has 2 heterocycles. The molecular formula is C14H13N3O4. The molecule has 0 aromatic carbocycles. The van der Waals surface area contributed by atoms with Gasteiger partial charge in [0.1, 0.15) is 5.69 Å². The van der Waals surface area contributed by atoms with Crippen LogP contribution in [0, 0.1) is 0 Å². The summed E-state index contributed by atoms with van der Waals surface area (Å²) < 4.78 is 4.91. The Kier molecular flexibility index (Phi) is 4.45. The lowest BCUT2D eigenvalue weighted by atomic mass is 10.2. The lowest BCUT2D eigenvalue weighted by Crippen LogP contribution is -2.23. The number of hydrogen-bond acceptors (Lipinski definition) is 5. The molecule has 2 aromatic rings. The molecule has 0 radical (unpaired) electrons. The number of aromatic carboxylic acids is 1. The summed E-state index contributed by atoms with van der Waals surface area (Å²) in [6.45, 7) is 0.248. The standard InChI is InChI=1S/C14H13N3O4/c1-21-12-5-3-10(8-16-12)13(18)17-7-9-2-4-11(14(19)20)15-6-9/h2-6,8H,7H2,1H3,(H,17,18)(H,19,20). The van der Waals surface area contributed by atoms with Crippen LogP contribution in [0.5, 0.6) is 5.88 Å². The summed E-state index contributed by atoms with van der Waals surface area (Å²) in [7, 11) is 1.50. The van der Waals surface area contributed by atoms with Crippen molar-refractivity contribution in [3.63, 3.8) is 0 Å². The van der Waals surface area contributed by atoms with Gasteiger partial charge < -0.3 is 15.2 Å². The summed E-state index contributed by atoms with van der Waals surface area (Å²) >= 11 is 0. The quantitative estimate of drug-likeness (QED) is 0.854. The van der Waals surface area contributed by atoms with Crippen molar-refractivity contribution in [1.82, 2.24) is 15.3 Å². The minimum Gasteiger partial charge on any atom is -0.481 e. The summed E-state index contributed by atoms with van der Waals surface area (Å²) in [5.74, 6) is -0.942. The van der Waals surface area contributed by atoms with Gasteiger partial charge in [-0.25, -0.2) is 14.8 Å². The summed E-state index contributed by atoms with van der Waals surface area (Å²) in [6.07, 6.45) is 2.83. The average molecular weight is 287 g/mol. The van der Waals surface area contributed by atoms with E-state index >= 15 is 0 Å². The Morgan fingerprint density at radius 1 is 1.19 bits per heavy atom. The molecule has 0 spiro atoms. The molecule has 21 heavy (non-hydrogen) atoms. The highest BCUT2D eigenvalue weighted by atomic mass is 16.5. The summed E-state index contributed by atoms with van der Waals surface area (Å²) in [4.78, 5) is 30.3. The molecule has 0 atom stereocenters. The Balaban J connectivity index is 1.95. The van der Waals surface area contributed by atoms with Crippen LogP contribution in [0.3, 0.4) is 0 Å². The fourth-order valence-corrected chi connectivity index (χ4v) is 1.58. The molecule has 0 aliphatic carbocycles. The van der Waals surface area contributed by atoms with E-state index in [9.17, 15) is 9.59 Å². The smallest absolute Gasteiger partial charge is 0.354 e. The zero-order valence-corrected chi connectivity index (χ0v) is 11.2. The SMILES string of the molecule is COc1ccc(C(=O)NCc2ccc(C(=O)O)nc2)cn1. The average Bonchev–Trinajstić information content (AvgIpc) is 2.53. The van der Waals surface area contributed by atoms with E-state index in [0.717, 1.165) is 0 Å². The molecule has 0 fully saturated rings. The fraction of sp³-hybridized carbons (Fsp3) is 0.143. The molecule has 2 aromatic heterocycles. The molecule has 7 nitrogen and oxygen atoms in total. The Hall–Kier alpha value is -2.96. The number of carboxylic acid groups (broad SMARTS) is 1. The second-order valence-corrected chi connectivity index (χ2v) is 4.13. The van der Waals surface area contributed by atoms with Crippen molar-refractivity contribution in [1.29, 1.82) is 0 Å². The predicted molar refractivity (Wildman–Crippen MR) is 73.2 cm³/mol. The van der Waals surface area contributed by atoms with Gasteiger partial charge in [-0.1, -0.05) is 6.07 Å². The molecule has 0 saturated heterocycles. The maximum atomic E-state index is 11.9. The van der Waals surface area contributed by atoms with Gasteiger partial charge in [-0.3, -0.25) is 4.79 Å². The van der Waals surface area contributed by atoms with E-state index in [0.29, 0.717) is 17.0 Å². The summed E-state index contributed by atoms with van der Waals surface area (Å²) in [6, 6.07) is 6.19. The van der Waals surface area contributed by atoms with Crippen LogP contribution >= 0.6 is 0 Å². The van der Waals surface area contributed by atoms with E-state index < -0.39 is 5.97 Å². The second-order valence-electron chi connectivity index (χ2n) is 4.13. The van der Waals surface area contributed by atoms with Crippen LogP contribution in [0.4, 0.5) is 0 Å². The van der Waals surface area contributed by atoms with Crippen molar-refractivity contribution < 1.29 is 19.4 Å². The first-order valence-electron chi connectivity index (χ1n) is 6.06. The molecule has 108 valence electrons. The van der Waals surface area contributed by atoms with Crippen molar-refractivity contribution in [2.24, 2.45) is 0 Å². The van der Waals surface area contributed by atoms with Gasteiger partial charge in [0.05, 0.1) is 12.7 Å². The number of amides is 1. The molecule has 2 rings (SSSR count). The van der Waals surface area contributed by atoms with Crippen LogP contribution in [0.15, 0.2) is 36.7 Å². The van der Waals surface area contributed by atoms with Gasteiger partial charge in [-0.2, -0.15) is 0 Å². The third-order valence-electron chi connectivity index (χ3n) is 2.70. The Labute approximate surface area is 120 Å². The Bertz CT molecular complexity index is 638. The maximum Gasteiger partial charge on any atom is 0.354 e. The van der Waals surface area contributed by atoms with Crippen LogP contribution in [0.2, 0.25) is 0 Å². The number of rotatable bonds is 5. The molecule has 0 aliphatic rings. The number of nitrogens with one attached hydrogen (secondary N) is 1. The van der Waals surface area contributed by atoms with Gasteiger partial charge in [0.2, 0.25) is 5.88 Å². The largest absolute Gasteiger partial charge is 0.481 e. The molecule has 7 heteroatoms. The summed E-state index contributed by atoms with van der Waals surface area (Å²) in [5, 5.41) is 11.4. The second kappa shape index (κ2) is 6.47. The highest BCUT2D eigenvalue weighted by molar-refractivity contribution is 5.93. The van der Waals surface area contributed by atoms with Gasteiger partial charge in [-0.15, -0.1) is 0 Å². The molecule has 0 saturated carbocycles. The molecule has 1 amide bonds. The molecule has 0 bridgehead atoms. The monoisotopic (exact) mass is 287 g/mol. The third kappa shape index (κ3) is 3.75. The van der Waals surface area contributed by atoms with Crippen molar-refractivity contribution >= 4 is 11.9 Å². The highest BCUT2D eigenvalue weighted by Gasteiger charge is 2.07. The van der Waals surface area contributed by atoms with E-state index in [2.05, 4.69) is 15.3 Å². The number of nitrogens with zero attached hydrogens (tertiary/aromatic N) is 2. The third-order valence-corrected chi connectivity index (χ3v) is 2.70. The van der Waals surface area contributed by atoms with Crippen molar-refractivity contribution in [3.05, 3.63) is 53.5 Å². The topological polar surface area (TPSA) is 101 Å². The van der Waals surface area contributed by atoms with Gasteiger partial charge in [0, 0.05) is 25.0 Å². The van der Waals surface area contributed by atoms with Gasteiger partial charge in [0.25, 0.3) is 5.91 Å². The van der Waals surface area contributed by atoms with Crippen LogP contribution < -0.4 is 10.1 Å². The minimum atomic E-state index is -1.09. The van der Waals surface area contributed by atoms with Gasteiger partial charge in [-0.05, 0) is 17.7 Å². The van der Waals surface area contributed by atoms with Crippen LogP contribution in [-0.4, -0.2) is 34.1 Å². The first-order valence-corrected chi connectivity index (χ1v) is 6.06.